The van der Waals surface area contributed by atoms with Crippen LogP contribution in [0.4, 0.5) is 5.69 Å². The minimum atomic E-state index is -3.47. The zero-order valence-electron chi connectivity index (χ0n) is 19.8. The predicted octanol–water partition coefficient (Wildman–Crippen LogP) is 2.68. The number of aromatic nitrogens is 1. The van der Waals surface area contributed by atoms with Gasteiger partial charge in [0.25, 0.3) is 0 Å². The van der Waals surface area contributed by atoms with Crippen LogP contribution < -0.4 is 10.2 Å². The van der Waals surface area contributed by atoms with Crippen LogP contribution in [-0.2, 0) is 21.2 Å². The third-order valence-electron chi connectivity index (χ3n) is 7.34. The number of aryl methyl sites for hydroxylation is 1. The van der Waals surface area contributed by atoms with Gasteiger partial charge in [-0.05, 0) is 62.1 Å². The highest BCUT2D eigenvalue weighted by atomic mass is 32.2. The Morgan fingerprint density at radius 1 is 1.11 bits per heavy atom. The van der Waals surface area contributed by atoms with E-state index >= 15 is 0 Å². The molecule has 35 heavy (non-hydrogen) atoms. The van der Waals surface area contributed by atoms with E-state index in [0.29, 0.717) is 23.1 Å². The summed E-state index contributed by atoms with van der Waals surface area (Å²) >= 11 is 0. The van der Waals surface area contributed by atoms with Crippen LogP contribution in [0.3, 0.4) is 0 Å². The molecule has 1 spiro atoms. The van der Waals surface area contributed by atoms with Crippen LogP contribution in [-0.4, -0.2) is 61.3 Å². The van der Waals surface area contributed by atoms with Crippen LogP contribution in [0.1, 0.15) is 30.4 Å². The second-order valence-electron chi connectivity index (χ2n) is 9.47. The summed E-state index contributed by atoms with van der Waals surface area (Å²) in [5.41, 5.74) is 2.59. The number of benzene rings is 2. The molecule has 1 amide bonds. The number of rotatable bonds is 6. The van der Waals surface area contributed by atoms with Gasteiger partial charge in [0.2, 0.25) is 15.9 Å². The fourth-order valence-electron chi connectivity index (χ4n) is 5.45. The Bertz CT molecular complexity index is 1400. The molecule has 0 atom stereocenters. The number of carbonyl (C=O) groups is 1. The Hall–Kier alpha value is -3.35. The third kappa shape index (κ3) is 4.28. The smallest absolute Gasteiger partial charge is 0.247 e. The van der Waals surface area contributed by atoms with Crippen molar-refractivity contribution >= 4 is 32.5 Å². The molecule has 0 saturated carbocycles. The van der Waals surface area contributed by atoms with E-state index in [9.17, 15) is 18.5 Å². The summed E-state index contributed by atoms with van der Waals surface area (Å²) in [7, 11) is -3.47. The van der Waals surface area contributed by atoms with Crippen molar-refractivity contribution in [3.05, 3.63) is 65.9 Å². The molecule has 2 aromatic carbocycles. The maximum absolute atomic E-state index is 12.8. The van der Waals surface area contributed by atoms with E-state index in [2.05, 4.69) is 33.3 Å². The quantitative estimate of drug-likeness (QED) is 0.569. The van der Waals surface area contributed by atoms with Gasteiger partial charge in [-0.3, -0.25) is 4.79 Å². The Balaban J connectivity index is 1.21. The number of anilines is 1. The summed E-state index contributed by atoms with van der Waals surface area (Å²) in [5.74, 6) is 0.128. The molecule has 3 heterocycles. The number of amides is 1. The Morgan fingerprint density at radius 3 is 2.54 bits per heavy atom. The molecule has 0 unspecified atom stereocenters. The average Bonchev–Trinajstić information content (AvgIpc) is 3.38. The first-order valence-corrected chi connectivity index (χ1v) is 13.7. The van der Waals surface area contributed by atoms with Crippen LogP contribution in [0.25, 0.3) is 10.9 Å². The van der Waals surface area contributed by atoms with E-state index in [0.717, 1.165) is 62.8 Å². The van der Waals surface area contributed by atoms with Gasteiger partial charge >= 0.3 is 0 Å². The predicted molar refractivity (Wildman–Crippen MR) is 136 cm³/mol. The third-order valence-corrected chi connectivity index (χ3v) is 8.36. The monoisotopic (exact) mass is 491 g/mol. The van der Waals surface area contributed by atoms with Crippen molar-refractivity contribution in [3.63, 3.8) is 0 Å². The Kier molecular flexibility index (Phi) is 6.03. The van der Waals surface area contributed by atoms with Gasteiger partial charge in [-0.1, -0.05) is 24.3 Å². The van der Waals surface area contributed by atoms with Crippen molar-refractivity contribution in [2.45, 2.75) is 31.2 Å². The lowest BCUT2D eigenvalue weighted by Gasteiger charge is -2.43. The van der Waals surface area contributed by atoms with Crippen molar-refractivity contribution in [2.24, 2.45) is 0 Å². The zero-order valence-corrected chi connectivity index (χ0v) is 20.6. The molecule has 5 rings (SSSR count). The van der Waals surface area contributed by atoms with Gasteiger partial charge in [0.15, 0.2) is 0 Å². The van der Waals surface area contributed by atoms with Gasteiger partial charge in [-0.15, -0.1) is 0 Å². The van der Waals surface area contributed by atoms with E-state index in [4.69, 9.17) is 0 Å². The van der Waals surface area contributed by atoms with Crippen LogP contribution in [0.2, 0.25) is 0 Å². The highest BCUT2D eigenvalue weighted by Gasteiger charge is 2.50. The van der Waals surface area contributed by atoms with Crippen LogP contribution in [0.5, 0.6) is 0 Å². The standard InChI is InChI=1S/C26H29N5O3S/c1-35(33,34)31-18-21(17-27)23-16-20(9-10-24(23)31)6-5-13-29-14-11-26(12-15-29)25(32)28-19-30(26)22-7-3-2-4-8-22/h2-4,7-10,16,18H,5-6,11-15,19H2,1H3,(H,28,32). The van der Waals surface area contributed by atoms with Gasteiger partial charge in [0.1, 0.15) is 11.6 Å². The lowest BCUT2D eigenvalue weighted by molar-refractivity contribution is -0.125. The first kappa shape index (κ1) is 23.4. The highest BCUT2D eigenvalue weighted by Crippen LogP contribution is 2.36. The number of hydrogen-bond acceptors (Lipinski definition) is 6. The molecule has 0 radical (unpaired) electrons. The molecule has 9 heteroatoms. The topological polar surface area (TPSA) is 98.4 Å². The molecule has 182 valence electrons. The number of nitrogens with zero attached hydrogens (tertiary/aromatic N) is 4. The van der Waals surface area contributed by atoms with Crippen molar-refractivity contribution in [2.75, 3.05) is 37.5 Å². The maximum Gasteiger partial charge on any atom is 0.247 e. The van der Waals surface area contributed by atoms with E-state index in [1.807, 2.05) is 30.3 Å². The molecule has 2 aliphatic heterocycles. The molecule has 3 aromatic rings. The fourth-order valence-corrected chi connectivity index (χ4v) is 6.27. The largest absolute Gasteiger partial charge is 0.339 e. The number of nitriles is 1. The number of piperidine rings is 1. The van der Waals surface area contributed by atoms with E-state index in [-0.39, 0.29) is 5.91 Å². The van der Waals surface area contributed by atoms with Crippen molar-refractivity contribution in [1.29, 1.82) is 5.26 Å². The van der Waals surface area contributed by atoms with E-state index in [1.165, 1.54) is 10.2 Å². The Labute approximate surface area is 205 Å². The maximum atomic E-state index is 12.8. The first-order valence-electron chi connectivity index (χ1n) is 11.9. The summed E-state index contributed by atoms with van der Waals surface area (Å²) in [6.45, 7) is 3.21. The molecular formula is C26H29N5O3S. The van der Waals surface area contributed by atoms with Crippen LogP contribution in [0.15, 0.2) is 54.7 Å². The molecule has 0 aliphatic carbocycles. The summed E-state index contributed by atoms with van der Waals surface area (Å²) in [4.78, 5) is 17.5. The highest BCUT2D eigenvalue weighted by molar-refractivity contribution is 7.89. The second-order valence-corrected chi connectivity index (χ2v) is 11.3. The number of para-hydroxylation sites is 1. The van der Waals surface area contributed by atoms with Crippen LogP contribution in [0, 0.1) is 11.3 Å². The van der Waals surface area contributed by atoms with Gasteiger partial charge in [-0.2, -0.15) is 5.26 Å². The number of fused-ring (bicyclic) bond motifs is 1. The summed E-state index contributed by atoms with van der Waals surface area (Å²) < 4.78 is 25.3. The summed E-state index contributed by atoms with van der Waals surface area (Å²) in [6, 6.07) is 17.9. The van der Waals surface area contributed by atoms with E-state index < -0.39 is 15.6 Å². The van der Waals surface area contributed by atoms with Gasteiger partial charge < -0.3 is 15.1 Å². The van der Waals surface area contributed by atoms with Crippen molar-refractivity contribution in [1.82, 2.24) is 14.2 Å². The van der Waals surface area contributed by atoms with E-state index in [1.54, 1.807) is 6.07 Å². The number of nitrogens with one attached hydrogen (secondary N) is 1. The number of likely N-dealkylation sites (tertiary alicyclic amines) is 1. The summed E-state index contributed by atoms with van der Waals surface area (Å²) in [6.07, 6.45) is 5.91. The molecule has 1 N–H and O–H groups in total. The fraction of sp³-hybridized carbons (Fsp3) is 0.385. The first-order chi connectivity index (χ1) is 16.8. The minimum absolute atomic E-state index is 0.128. The van der Waals surface area contributed by atoms with Gasteiger partial charge in [0.05, 0.1) is 24.0 Å². The van der Waals surface area contributed by atoms with Gasteiger partial charge in [-0.25, -0.2) is 12.4 Å². The van der Waals surface area contributed by atoms with Crippen molar-refractivity contribution in [3.8, 4) is 6.07 Å². The summed E-state index contributed by atoms with van der Waals surface area (Å²) in [5, 5.41) is 13.2. The molecule has 2 aliphatic rings. The van der Waals surface area contributed by atoms with Crippen molar-refractivity contribution < 1.29 is 13.2 Å². The molecule has 0 bridgehead atoms. The number of carbonyl (C=O) groups excluding carboxylic acids is 1. The number of hydrogen-bond donors (Lipinski definition) is 1. The lowest BCUT2D eigenvalue weighted by atomic mass is 9.85. The molecular weight excluding hydrogens is 462 g/mol. The van der Waals surface area contributed by atoms with Gasteiger partial charge in [0, 0.05) is 30.4 Å². The molecule has 2 fully saturated rings. The molecule has 1 aromatic heterocycles. The normalized spacial score (nSPS) is 18.2. The molecule has 8 nitrogen and oxygen atoms in total. The lowest BCUT2D eigenvalue weighted by Crippen LogP contribution is -2.56. The Morgan fingerprint density at radius 2 is 1.86 bits per heavy atom. The second kappa shape index (κ2) is 9.02. The van der Waals surface area contributed by atoms with Crippen LogP contribution >= 0.6 is 0 Å². The minimum Gasteiger partial charge on any atom is -0.339 e. The SMILES string of the molecule is CS(=O)(=O)n1cc(C#N)c2cc(CCCN3CCC4(CC3)C(=O)NCN4c3ccccc3)ccc21. The zero-order chi connectivity index (χ0) is 24.6. The average molecular weight is 492 g/mol. The molecule has 2 saturated heterocycles.